The molecule has 1 saturated carbocycles. The molecule has 2 bridgehead atoms. The van der Waals surface area contributed by atoms with E-state index in [0.717, 1.165) is 5.57 Å². The van der Waals surface area contributed by atoms with Gasteiger partial charge in [0.1, 0.15) is 0 Å². The van der Waals surface area contributed by atoms with E-state index in [4.69, 9.17) is 0 Å². The first-order chi connectivity index (χ1) is 6.68. The van der Waals surface area contributed by atoms with Crippen molar-refractivity contribution in [2.45, 2.75) is 25.6 Å². The van der Waals surface area contributed by atoms with E-state index in [1.54, 1.807) is 6.92 Å². The number of hydrogen-bond acceptors (Lipinski definition) is 2. The Morgan fingerprint density at radius 2 is 2.07 bits per heavy atom. The van der Waals surface area contributed by atoms with E-state index in [1.165, 1.54) is 6.42 Å². The van der Waals surface area contributed by atoms with E-state index in [-0.39, 0.29) is 6.10 Å². The van der Waals surface area contributed by atoms with Gasteiger partial charge in [-0.3, -0.25) is 0 Å². The number of rotatable bonds is 1. The molecular weight excluding hydrogens is 176 g/mol. The van der Waals surface area contributed by atoms with Crippen molar-refractivity contribution in [2.24, 2.45) is 23.7 Å². The van der Waals surface area contributed by atoms with Crippen LogP contribution in [0.25, 0.3) is 0 Å². The summed E-state index contributed by atoms with van der Waals surface area (Å²) >= 11 is 0. The summed E-state index contributed by atoms with van der Waals surface area (Å²) in [6, 6.07) is 0. The molecule has 2 N–H and O–H groups in total. The van der Waals surface area contributed by atoms with Crippen molar-refractivity contribution in [2.75, 3.05) is 0 Å². The molecule has 0 amide bonds. The second-order valence-corrected chi connectivity index (χ2v) is 4.88. The van der Waals surface area contributed by atoms with E-state index < -0.39 is 6.10 Å². The van der Waals surface area contributed by atoms with Crippen LogP contribution in [-0.4, -0.2) is 22.4 Å². The maximum Gasteiger partial charge on any atom is 0.0764 e. The maximum atomic E-state index is 9.92. The monoisotopic (exact) mass is 192 g/mol. The second-order valence-electron chi connectivity index (χ2n) is 4.88. The number of aliphatic hydroxyl groups excluding tert-OH is 2. The summed E-state index contributed by atoms with van der Waals surface area (Å²) in [6.45, 7) is 1.80. The van der Waals surface area contributed by atoms with Crippen molar-refractivity contribution in [3.63, 3.8) is 0 Å². The highest BCUT2D eigenvalue weighted by Gasteiger charge is 2.52. The molecule has 14 heavy (non-hydrogen) atoms. The van der Waals surface area contributed by atoms with Gasteiger partial charge >= 0.3 is 0 Å². The van der Waals surface area contributed by atoms with Crippen LogP contribution in [0.3, 0.4) is 0 Å². The number of fused-ring (bicyclic) bond motifs is 5. The summed E-state index contributed by atoms with van der Waals surface area (Å²) in [5.74, 6) is 1.89. The molecule has 0 aromatic carbocycles. The second kappa shape index (κ2) is 2.71. The molecule has 2 heteroatoms. The first-order valence-corrected chi connectivity index (χ1v) is 5.44. The van der Waals surface area contributed by atoms with Gasteiger partial charge in [0.25, 0.3) is 0 Å². The number of allylic oxidation sites excluding steroid dienone is 2. The smallest absolute Gasteiger partial charge is 0.0764 e. The van der Waals surface area contributed by atoms with E-state index in [1.807, 2.05) is 6.08 Å². The van der Waals surface area contributed by atoms with Gasteiger partial charge in [0, 0.05) is 5.92 Å². The summed E-state index contributed by atoms with van der Waals surface area (Å²) in [6.07, 6.45) is 6.84. The Bertz CT molecular complexity index is 316. The third kappa shape index (κ3) is 0.931. The summed E-state index contributed by atoms with van der Waals surface area (Å²) in [5.41, 5.74) is 1.07. The van der Waals surface area contributed by atoms with Gasteiger partial charge in [-0.1, -0.05) is 18.2 Å². The molecule has 0 saturated heterocycles. The molecule has 0 aliphatic heterocycles. The van der Waals surface area contributed by atoms with Gasteiger partial charge < -0.3 is 10.2 Å². The fraction of sp³-hybridized carbons (Fsp3) is 0.667. The lowest BCUT2D eigenvalue weighted by molar-refractivity contribution is 0.126. The standard InChI is InChI=1S/C12H16O2/c1-6(13)9-5-10(14)12-8-3-2-7(4-8)11(9)12/h2-3,5-8,10-14H,4H2,1H3/t6?,7-,8+,10-,11+,12-/m0/s1. The third-order valence-corrected chi connectivity index (χ3v) is 4.15. The van der Waals surface area contributed by atoms with Crippen molar-refractivity contribution in [3.8, 4) is 0 Å². The first-order valence-electron chi connectivity index (χ1n) is 5.44. The summed E-state index contributed by atoms with van der Waals surface area (Å²) in [4.78, 5) is 0. The normalized spacial score (nSPS) is 50.8. The van der Waals surface area contributed by atoms with Gasteiger partial charge in [-0.2, -0.15) is 0 Å². The molecule has 0 radical (unpaired) electrons. The zero-order valence-electron chi connectivity index (χ0n) is 8.30. The summed E-state index contributed by atoms with van der Waals surface area (Å²) < 4.78 is 0. The van der Waals surface area contributed by atoms with Crippen LogP contribution in [0.15, 0.2) is 23.8 Å². The highest BCUT2D eigenvalue weighted by molar-refractivity contribution is 5.32. The van der Waals surface area contributed by atoms with Crippen molar-refractivity contribution in [3.05, 3.63) is 23.8 Å². The van der Waals surface area contributed by atoms with E-state index in [9.17, 15) is 10.2 Å². The molecule has 76 valence electrons. The maximum absolute atomic E-state index is 9.92. The van der Waals surface area contributed by atoms with Crippen LogP contribution in [0.2, 0.25) is 0 Å². The average Bonchev–Trinajstić information content (AvgIpc) is 2.75. The highest BCUT2D eigenvalue weighted by Crippen LogP contribution is 2.56. The van der Waals surface area contributed by atoms with Crippen LogP contribution in [0.1, 0.15) is 13.3 Å². The molecule has 6 atom stereocenters. The van der Waals surface area contributed by atoms with Gasteiger partial charge in [-0.25, -0.2) is 0 Å². The van der Waals surface area contributed by atoms with Crippen LogP contribution in [-0.2, 0) is 0 Å². The molecule has 1 fully saturated rings. The molecule has 3 rings (SSSR count). The van der Waals surface area contributed by atoms with Gasteiger partial charge in [0.05, 0.1) is 12.2 Å². The average molecular weight is 192 g/mol. The Labute approximate surface area is 83.9 Å². The first kappa shape index (κ1) is 8.69. The Morgan fingerprint density at radius 3 is 2.79 bits per heavy atom. The molecule has 0 spiro atoms. The van der Waals surface area contributed by atoms with Crippen molar-refractivity contribution >= 4 is 0 Å². The van der Waals surface area contributed by atoms with Crippen LogP contribution >= 0.6 is 0 Å². The Balaban J connectivity index is 1.98. The minimum absolute atomic E-state index is 0.329. The molecule has 0 heterocycles. The lowest BCUT2D eigenvalue weighted by Gasteiger charge is -2.26. The van der Waals surface area contributed by atoms with E-state index >= 15 is 0 Å². The molecule has 0 aromatic heterocycles. The summed E-state index contributed by atoms with van der Waals surface area (Å²) in [7, 11) is 0. The third-order valence-electron chi connectivity index (χ3n) is 4.15. The lowest BCUT2D eigenvalue weighted by Crippen LogP contribution is -2.26. The minimum atomic E-state index is -0.396. The van der Waals surface area contributed by atoms with Crippen LogP contribution in [0, 0.1) is 23.7 Å². The Kier molecular flexibility index (Phi) is 1.68. The molecule has 2 nitrogen and oxygen atoms in total. The summed E-state index contributed by atoms with van der Waals surface area (Å²) in [5, 5.41) is 19.6. The SMILES string of the molecule is CC(O)C1=C[C@H](O)[C@H]2[C@@H]1[C@H]1C=C[C@@H]2C1. The van der Waals surface area contributed by atoms with Crippen molar-refractivity contribution < 1.29 is 10.2 Å². The van der Waals surface area contributed by atoms with Gasteiger partial charge in [0.2, 0.25) is 0 Å². The fourth-order valence-electron chi connectivity index (χ4n) is 3.63. The topological polar surface area (TPSA) is 40.5 Å². The quantitative estimate of drug-likeness (QED) is 0.611. The Hall–Kier alpha value is -0.600. The lowest BCUT2D eigenvalue weighted by atomic mass is 9.80. The predicted molar refractivity (Wildman–Crippen MR) is 53.5 cm³/mol. The zero-order valence-corrected chi connectivity index (χ0v) is 8.30. The minimum Gasteiger partial charge on any atom is -0.389 e. The number of hydrogen-bond donors (Lipinski definition) is 2. The largest absolute Gasteiger partial charge is 0.389 e. The van der Waals surface area contributed by atoms with Crippen LogP contribution in [0.4, 0.5) is 0 Å². The number of aliphatic hydroxyl groups is 2. The van der Waals surface area contributed by atoms with Crippen molar-refractivity contribution in [1.29, 1.82) is 0 Å². The molecule has 3 aliphatic rings. The van der Waals surface area contributed by atoms with Crippen molar-refractivity contribution in [1.82, 2.24) is 0 Å². The van der Waals surface area contributed by atoms with E-state index in [2.05, 4.69) is 12.2 Å². The van der Waals surface area contributed by atoms with Gasteiger partial charge in [-0.15, -0.1) is 0 Å². The zero-order chi connectivity index (χ0) is 9.87. The fourth-order valence-corrected chi connectivity index (χ4v) is 3.63. The Morgan fingerprint density at radius 1 is 1.36 bits per heavy atom. The van der Waals surface area contributed by atoms with Crippen LogP contribution in [0.5, 0.6) is 0 Å². The molecule has 1 unspecified atom stereocenters. The molecular formula is C12H16O2. The van der Waals surface area contributed by atoms with Gasteiger partial charge in [-0.05, 0) is 36.7 Å². The molecule has 0 aromatic rings. The van der Waals surface area contributed by atoms with Crippen LogP contribution < -0.4 is 0 Å². The van der Waals surface area contributed by atoms with Gasteiger partial charge in [0.15, 0.2) is 0 Å². The van der Waals surface area contributed by atoms with E-state index in [0.29, 0.717) is 23.7 Å². The molecule has 3 aliphatic carbocycles. The highest BCUT2D eigenvalue weighted by atomic mass is 16.3. The predicted octanol–water partition coefficient (Wildman–Crippen LogP) is 1.11.